The van der Waals surface area contributed by atoms with Crippen molar-refractivity contribution in [3.05, 3.63) is 0 Å². The molecule has 1 aliphatic rings. The van der Waals surface area contributed by atoms with E-state index in [-0.39, 0.29) is 17.7 Å². The molecule has 100 valence electrons. The monoisotopic (exact) mass is 262 g/mol. The van der Waals surface area contributed by atoms with Gasteiger partial charge in [0.1, 0.15) is 0 Å². The summed E-state index contributed by atoms with van der Waals surface area (Å²) in [5.74, 6) is 0.219. The molecule has 0 radical (unpaired) electrons. The Kier molecular flexibility index (Phi) is 4.55. The summed E-state index contributed by atoms with van der Waals surface area (Å²) in [5, 5.41) is 5.91. The predicted molar refractivity (Wildman–Crippen MR) is 67.6 cm³/mol. The normalized spacial score (nSPS) is 21.6. The first kappa shape index (κ1) is 14.4. The molecule has 0 bridgehead atoms. The molecule has 1 amide bonds. The van der Waals surface area contributed by atoms with Crippen LogP contribution in [0.5, 0.6) is 0 Å². The number of sulfone groups is 1. The summed E-state index contributed by atoms with van der Waals surface area (Å²) >= 11 is 0. The van der Waals surface area contributed by atoms with Gasteiger partial charge in [0, 0.05) is 25.6 Å². The van der Waals surface area contributed by atoms with Gasteiger partial charge in [-0.15, -0.1) is 0 Å². The zero-order valence-electron chi connectivity index (χ0n) is 10.7. The van der Waals surface area contributed by atoms with Gasteiger partial charge in [-0.3, -0.25) is 4.79 Å². The second-order valence-electron chi connectivity index (χ2n) is 5.44. The van der Waals surface area contributed by atoms with Gasteiger partial charge in [-0.25, -0.2) is 8.42 Å². The second kappa shape index (κ2) is 5.35. The minimum atomic E-state index is -3.05. The molecule has 1 atom stereocenters. The van der Waals surface area contributed by atoms with Crippen molar-refractivity contribution in [2.75, 3.05) is 18.8 Å². The van der Waals surface area contributed by atoms with E-state index in [1.54, 1.807) is 20.8 Å². The molecule has 0 aliphatic carbocycles. The molecule has 0 aromatic heterocycles. The molecule has 1 aliphatic heterocycles. The molecule has 1 saturated heterocycles. The van der Waals surface area contributed by atoms with E-state index in [9.17, 15) is 13.2 Å². The summed E-state index contributed by atoms with van der Waals surface area (Å²) < 4.78 is 22.9. The van der Waals surface area contributed by atoms with Crippen LogP contribution in [-0.4, -0.2) is 44.0 Å². The first-order valence-electron chi connectivity index (χ1n) is 5.95. The van der Waals surface area contributed by atoms with Crippen molar-refractivity contribution in [2.24, 2.45) is 0 Å². The van der Waals surface area contributed by atoms with E-state index in [1.807, 2.05) is 0 Å². The summed E-state index contributed by atoms with van der Waals surface area (Å²) in [4.78, 5) is 10.9. The molecule has 5 nitrogen and oxygen atoms in total. The topological polar surface area (TPSA) is 75.3 Å². The molecule has 0 saturated carbocycles. The van der Waals surface area contributed by atoms with Crippen molar-refractivity contribution in [1.29, 1.82) is 0 Å². The van der Waals surface area contributed by atoms with Crippen molar-refractivity contribution in [3.8, 4) is 0 Å². The molecule has 0 spiro atoms. The fourth-order valence-electron chi connectivity index (χ4n) is 1.62. The van der Waals surface area contributed by atoms with Gasteiger partial charge < -0.3 is 10.6 Å². The molecule has 1 heterocycles. The Morgan fingerprint density at radius 3 is 2.53 bits per heavy atom. The number of nitrogens with one attached hydrogen (secondary N) is 2. The summed E-state index contributed by atoms with van der Waals surface area (Å²) in [5.41, 5.74) is 0. The van der Waals surface area contributed by atoms with Gasteiger partial charge in [0.15, 0.2) is 9.84 Å². The maximum absolute atomic E-state index is 11.8. The molecule has 1 fully saturated rings. The van der Waals surface area contributed by atoms with E-state index >= 15 is 0 Å². The van der Waals surface area contributed by atoms with Crippen molar-refractivity contribution >= 4 is 15.7 Å². The number of amides is 1. The third kappa shape index (κ3) is 4.27. The lowest BCUT2D eigenvalue weighted by Crippen LogP contribution is -2.39. The molecular weight excluding hydrogens is 240 g/mol. The lowest BCUT2D eigenvalue weighted by molar-refractivity contribution is -0.119. The van der Waals surface area contributed by atoms with Gasteiger partial charge in [0.25, 0.3) is 0 Å². The van der Waals surface area contributed by atoms with E-state index in [0.29, 0.717) is 19.5 Å². The number of hydrogen-bond donors (Lipinski definition) is 2. The highest BCUT2D eigenvalue weighted by Gasteiger charge is 2.28. The first-order chi connectivity index (χ1) is 7.72. The molecule has 1 unspecified atom stereocenters. The minimum Gasteiger partial charge on any atom is -0.352 e. The third-order valence-corrected chi connectivity index (χ3v) is 5.56. The van der Waals surface area contributed by atoms with Crippen LogP contribution in [0.4, 0.5) is 0 Å². The summed E-state index contributed by atoms with van der Waals surface area (Å²) in [6, 6.07) is 0.153. The van der Waals surface area contributed by atoms with Crippen LogP contribution in [0.1, 0.15) is 33.6 Å². The fourth-order valence-corrected chi connectivity index (χ4v) is 2.64. The van der Waals surface area contributed by atoms with E-state index < -0.39 is 14.6 Å². The lowest BCUT2D eigenvalue weighted by Gasteiger charge is -2.19. The van der Waals surface area contributed by atoms with Gasteiger partial charge in [-0.1, -0.05) is 0 Å². The average Bonchev–Trinajstić information content (AvgIpc) is 2.57. The van der Waals surface area contributed by atoms with Gasteiger partial charge in [0.05, 0.1) is 10.5 Å². The van der Waals surface area contributed by atoms with Gasteiger partial charge in [-0.2, -0.15) is 0 Å². The number of carbonyl (C=O) groups excluding carboxylic acids is 1. The molecule has 1 rings (SSSR count). The minimum absolute atomic E-state index is 0.0825. The van der Waals surface area contributed by atoms with E-state index in [4.69, 9.17) is 0 Å². The summed E-state index contributed by atoms with van der Waals surface area (Å²) in [6.45, 7) is 6.20. The molecule has 6 heteroatoms. The largest absolute Gasteiger partial charge is 0.352 e. The fraction of sp³-hybridized carbons (Fsp3) is 0.909. The first-order valence-corrected chi connectivity index (χ1v) is 7.60. The lowest BCUT2D eigenvalue weighted by atomic mass is 10.2. The SMILES string of the molecule is CC(C)(C)S(=O)(=O)CCNCC1CCC(=O)N1. The van der Waals surface area contributed by atoms with Crippen LogP contribution in [-0.2, 0) is 14.6 Å². The number of rotatable bonds is 5. The predicted octanol–water partition coefficient (Wildman–Crippen LogP) is 0.0679. The van der Waals surface area contributed by atoms with Gasteiger partial charge >= 0.3 is 0 Å². The van der Waals surface area contributed by atoms with Crippen LogP contribution in [0.2, 0.25) is 0 Å². The zero-order chi connectivity index (χ0) is 13.1. The van der Waals surface area contributed by atoms with Crippen molar-refractivity contribution in [1.82, 2.24) is 10.6 Å². The van der Waals surface area contributed by atoms with Crippen LogP contribution in [0.25, 0.3) is 0 Å². The molecule has 2 N–H and O–H groups in total. The molecule has 17 heavy (non-hydrogen) atoms. The van der Waals surface area contributed by atoms with Crippen LogP contribution >= 0.6 is 0 Å². The summed E-state index contributed by atoms with van der Waals surface area (Å²) in [7, 11) is -3.05. The molecule has 0 aromatic rings. The highest BCUT2D eigenvalue weighted by Crippen LogP contribution is 2.15. The zero-order valence-corrected chi connectivity index (χ0v) is 11.6. The number of carbonyl (C=O) groups is 1. The van der Waals surface area contributed by atoms with Crippen LogP contribution in [0, 0.1) is 0 Å². The Balaban J connectivity index is 2.23. The Hall–Kier alpha value is -0.620. The van der Waals surface area contributed by atoms with Gasteiger partial charge in [0.2, 0.25) is 5.91 Å². The van der Waals surface area contributed by atoms with Crippen LogP contribution < -0.4 is 10.6 Å². The maximum Gasteiger partial charge on any atom is 0.220 e. The Bertz CT molecular complexity index is 371. The van der Waals surface area contributed by atoms with Crippen molar-refractivity contribution in [3.63, 3.8) is 0 Å². The average molecular weight is 262 g/mol. The molecular formula is C11H22N2O3S. The van der Waals surface area contributed by atoms with E-state index in [1.165, 1.54) is 0 Å². The van der Waals surface area contributed by atoms with Crippen LogP contribution in [0.15, 0.2) is 0 Å². The smallest absolute Gasteiger partial charge is 0.220 e. The Morgan fingerprint density at radius 2 is 2.06 bits per heavy atom. The third-order valence-electron chi connectivity index (χ3n) is 2.96. The van der Waals surface area contributed by atoms with Crippen LogP contribution in [0.3, 0.4) is 0 Å². The molecule has 0 aromatic carbocycles. The highest BCUT2D eigenvalue weighted by molar-refractivity contribution is 7.92. The second-order valence-corrected chi connectivity index (χ2v) is 8.30. The summed E-state index contributed by atoms with van der Waals surface area (Å²) in [6.07, 6.45) is 1.41. The van der Waals surface area contributed by atoms with Crippen molar-refractivity contribution < 1.29 is 13.2 Å². The quantitative estimate of drug-likeness (QED) is 0.687. The Labute approximate surface area is 103 Å². The van der Waals surface area contributed by atoms with Gasteiger partial charge in [-0.05, 0) is 27.2 Å². The Morgan fingerprint density at radius 1 is 1.41 bits per heavy atom. The van der Waals surface area contributed by atoms with E-state index in [2.05, 4.69) is 10.6 Å². The number of hydrogen-bond acceptors (Lipinski definition) is 4. The maximum atomic E-state index is 11.8. The standard InChI is InChI=1S/C11H22N2O3S/c1-11(2,3)17(15,16)7-6-12-8-9-4-5-10(14)13-9/h9,12H,4-8H2,1-3H3,(H,13,14). The van der Waals surface area contributed by atoms with E-state index in [0.717, 1.165) is 6.42 Å². The highest BCUT2D eigenvalue weighted by atomic mass is 32.2. The van der Waals surface area contributed by atoms with Crippen molar-refractivity contribution in [2.45, 2.75) is 44.4 Å².